The smallest absolute Gasteiger partial charge is 0.292 e. The van der Waals surface area contributed by atoms with E-state index in [4.69, 9.17) is 14.2 Å². The van der Waals surface area contributed by atoms with Crippen LogP contribution in [-0.4, -0.2) is 25.8 Å². The molecule has 30 heavy (non-hydrogen) atoms. The van der Waals surface area contributed by atoms with Crippen LogP contribution in [0.3, 0.4) is 0 Å². The van der Waals surface area contributed by atoms with Crippen LogP contribution in [0, 0.1) is 5.41 Å². The molecular weight excluding hydrogens is 372 g/mol. The Balaban J connectivity index is 3.24. The molecule has 1 unspecified atom stereocenters. The molecule has 178 valence electrons. The third-order valence-electron chi connectivity index (χ3n) is 6.54. The van der Waals surface area contributed by atoms with Crippen molar-refractivity contribution < 1.29 is 14.2 Å². The van der Waals surface area contributed by atoms with Crippen molar-refractivity contribution in [3.8, 4) is 0 Å². The Bertz CT molecular complexity index is 424. The molecule has 1 atom stereocenters. The Morgan fingerprint density at radius 3 is 1.73 bits per heavy atom. The average molecular weight is 425 g/mol. The maximum atomic E-state index is 6.60. The quantitative estimate of drug-likeness (QED) is 0.118. The molecule has 0 saturated carbocycles. The minimum atomic E-state index is -0.948. The molecule has 1 rings (SSSR count). The molecule has 0 spiro atoms. The molecule has 0 aliphatic heterocycles. The van der Waals surface area contributed by atoms with Crippen LogP contribution in [0.5, 0.6) is 0 Å². The molecule has 0 bridgehead atoms. The highest BCUT2D eigenvalue weighted by Crippen LogP contribution is 2.52. The van der Waals surface area contributed by atoms with Crippen molar-refractivity contribution in [3.63, 3.8) is 0 Å². The SMILES string of the molecule is CCCCCCCCC(CC)(C1=CCCCC1)C(OCCC)(OCCC)OCCC. The van der Waals surface area contributed by atoms with Crippen LogP contribution < -0.4 is 0 Å². The van der Waals surface area contributed by atoms with Gasteiger partial charge in [-0.3, -0.25) is 0 Å². The predicted molar refractivity (Wildman–Crippen MR) is 129 cm³/mol. The lowest BCUT2D eigenvalue weighted by molar-refractivity contribution is -0.426. The monoisotopic (exact) mass is 424 g/mol. The average Bonchev–Trinajstić information content (AvgIpc) is 2.79. The van der Waals surface area contributed by atoms with Gasteiger partial charge in [0.2, 0.25) is 0 Å². The van der Waals surface area contributed by atoms with Gasteiger partial charge in [-0.05, 0) is 57.8 Å². The fourth-order valence-corrected chi connectivity index (χ4v) is 4.86. The standard InChI is InChI=1S/C27H52O3/c1-6-11-12-13-14-18-21-26(10-5,25-19-16-15-17-20-25)27(28-22-7-2,29-23-8-3)30-24-9-4/h19H,6-18,20-24H2,1-5H3. The van der Waals surface area contributed by atoms with Gasteiger partial charge in [0.1, 0.15) is 0 Å². The second-order valence-electron chi connectivity index (χ2n) is 9.03. The summed E-state index contributed by atoms with van der Waals surface area (Å²) in [7, 11) is 0. The van der Waals surface area contributed by atoms with Gasteiger partial charge in [0, 0.05) is 0 Å². The van der Waals surface area contributed by atoms with Crippen molar-refractivity contribution in [3.05, 3.63) is 11.6 Å². The summed E-state index contributed by atoms with van der Waals surface area (Å²) in [4.78, 5) is 0. The van der Waals surface area contributed by atoms with E-state index in [9.17, 15) is 0 Å². The van der Waals surface area contributed by atoms with Gasteiger partial charge in [0.15, 0.2) is 0 Å². The number of allylic oxidation sites excluding steroid dienone is 1. The zero-order chi connectivity index (χ0) is 22.1. The highest BCUT2D eigenvalue weighted by atomic mass is 16.9. The Kier molecular flexibility index (Phi) is 15.0. The predicted octanol–water partition coefficient (Wildman–Crippen LogP) is 8.57. The van der Waals surface area contributed by atoms with Crippen molar-refractivity contribution in [2.45, 2.75) is 137 Å². The summed E-state index contributed by atoms with van der Waals surface area (Å²) >= 11 is 0. The number of hydrogen-bond acceptors (Lipinski definition) is 3. The zero-order valence-electron chi connectivity index (χ0n) is 21.0. The molecular formula is C27H52O3. The van der Waals surface area contributed by atoms with Crippen LogP contribution in [0.2, 0.25) is 0 Å². The second kappa shape index (κ2) is 16.3. The van der Waals surface area contributed by atoms with E-state index in [-0.39, 0.29) is 5.41 Å². The maximum absolute atomic E-state index is 6.60. The van der Waals surface area contributed by atoms with E-state index in [0.717, 1.165) is 38.5 Å². The largest absolute Gasteiger partial charge is 0.327 e. The summed E-state index contributed by atoms with van der Waals surface area (Å²) in [5.41, 5.74) is 1.35. The Morgan fingerprint density at radius 1 is 0.700 bits per heavy atom. The van der Waals surface area contributed by atoms with E-state index in [0.29, 0.717) is 19.8 Å². The molecule has 0 fully saturated rings. The van der Waals surface area contributed by atoms with Crippen LogP contribution in [0.1, 0.15) is 131 Å². The third-order valence-corrected chi connectivity index (χ3v) is 6.54. The first-order valence-corrected chi connectivity index (χ1v) is 13.3. The summed E-state index contributed by atoms with van der Waals surface area (Å²) in [6.45, 7) is 13.2. The Hall–Kier alpha value is -0.380. The number of ether oxygens (including phenoxy) is 3. The lowest BCUT2D eigenvalue weighted by Gasteiger charge is -2.50. The molecule has 0 aromatic heterocycles. The number of hydrogen-bond donors (Lipinski definition) is 0. The lowest BCUT2D eigenvalue weighted by Crippen LogP contribution is -2.56. The number of rotatable bonds is 19. The van der Waals surface area contributed by atoms with Gasteiger partial charge in [-0.2, -0.15) is 0 Å². The molecule has 0 heterocycles. The van der Waals surface area contributed by atoms with Crippen LogP contribution in [0.25, 0.3) is 0 Å². The Morgan fingerprint density at radius 2 is 1.27 bits per heavy atom. The van der Waals surface area contributed by atoms with Gasteiger partial charge in [-0.1, -0.05) is 84.8 Å². The molecule has 3 heteroatoms. The topological polar surface area (TPSA) is 27.7 Å². The lowest BCUT2D eigenvalue weighted by atomic mass is 9.68. The van der Waals surface area contributed by atoms with Gasteiger partial charge in [0.05, 0.1) is 25.2 Å². The zero-order valence-corrected chi connectivity index (χ0v) is 21.0. The van der Waals surface area contributed by atoms with Crippen LogP contribution in [-0.2, 0) is 14.2 Å². The molecule has 1 aliphatic rings. The van der Waals surface area contributed by atoms with Gasteiger partial charge < -0.3 is 14.2 Å². The molecule has 0 saturated heterocycles. The van der Waals surface area contributed by atoms with Crippen LogP contribution in [0.15, 0.2) is 11.6 Å². The van der Waals surface area contributed by atoms with E-state index < -0.39 is 5.97 Å². The minimum absolute atomic E-state index is 0.183. The highest BCUT2D eigenvalue weighted by Gasteiger charge is 2.55. The van der Waals surface area contributed by atoms with E-state index in [2.05, 4.69) is 40.7 Å². The van der Waals surface area contributed by atoms with Crippen molar-refractivity contribution in [2.24, 2.45) is 5.41 Å². The van der Waals surface area contributed by atoms with Crippen molar-refractivity contribution in [1.29, 1.82) is 0 Å². The van der Waals surface area contributed by atoms with Crippen LogP contribution in [0.4, 0.5) is 0 Å². The van der Waals surface area contributed by atoms with Gasteiger partial charge in [-0.25, -0.2) is 0 Å². The minimum Gasteiger partial charge on any atom is -0.327 e. The second-order valence-corrected chi connectivity index (χ2v) is 9.03. The molecule has 0 amide bonds. The van der Waals surface area contributed by atoms with Crippen molar-refractivity contribution in [2.75, 3.05) is 19.8 Å². The first kappa shape index (κ1) is 27.7. The maximum Gasteiger partial charge on any atom is 0.292 e. The summed E-state index contributed by atoms with van der Waals surface area (Å²) in [6.07, 6.45) is 20.3. The summed E-state index contributed by atoms with van der Waals surface area (Å²) < 4.78 is 19.8. The van der Waals surface area contributed by atoms with E-state index in [1.54, 1.807) is 0 Å². The normalized spacial score (nSPS) is 17.0. The summed E-state index contributed by atoms with van der Waals surface area (Å²) in [5, 5.41) is 0. The first-order valence-electron chi connectivity index (χ1n) is 13.3. The fraction of sp³-hybridized carbons (Fsp3) is 0.926. The van der Waals surface area contributed by atoms with Gasteiger partial charge in [0.25, 0.3) is 5.97 Å². The summed E-state index contributed by atoms with van der Waals surface area (Å²) in [6, 6.07) is 0. The third kappa shape index (κ3) is 7.95. The molecule has 0 N–H and O–H groups in total. The van der Waals surface area contributed by atoms with E-state index in [1.165, 1.54) is 63.4 Å². The molecule has 0 aromatic carbocycles. The molecule has 3 nitrogen and oxygen atoms in total. The van der Waals surface area contributed by atoms with E-state index in [1.807, 2.05) is 0 Å². The summed E-state index contributed by atoms with van der Waals surface area (Å²) in [5.74, 6) is -0.948. The van der Waals surface area contributed by atoms with Gasteiger partial charge >= 0.3 is 0 Å². The molecule has 1 aliphatic carbocycles. The fourth-order valence-electron chi connectivity index (χ4n) is 4.86. The van der Waals surface area contributed by atoms with Crippen molar-refractivity contribution in [1.82, 2.24) is 0 Å². The van der Waals surface area contributed by atoms with E-state index >= 15 is 0 Å². The van der Waals surface area contributed by atoms with Crippen molar-refractivity contribution >= 4 is 0 Å². The molecule has 0 aromatic rings. The van der Waals surface area contributed by atoms with Gasteiger partial charge in [-0.15, -0.1) is 0 Å². The molecule has 0 radical (unpaired) electrons. The number of unbranched alkanes of at least 4 members (excludes halogenated alkanes) is 5. The highest BCUT2D eigenvalue weighted by molar-refractivity contribution is 5.20. The Labute approximate surface area is 188 Å². The van der Waals surface area contributed by atoms with Crippen LogP contribution >= 0.6 is 0 Å². The first-order chi connectivity index (χ1) is 14.7.